The van der Waals surface area contributed by atoms with E-state index in [0.717, 1.165) is 36.4 Å². The smallest absolute Gasteiger partial charge is 0.311 e. The molecule has 0 saturated heterocycles. The molecule has 0 bridgehead atoms. The van der Waals surface area contributed by atoms with Crippen LogP contribution in [0.2, 0.25) is 0 Å². The fraction of sp³-hybridized carbons (Fsp3) is 0.406. The van der Waals surface area contributed by atoms with E-state index in [9.17, 15) is 23.2 Å². The molecule has 1 atom stereocenters. The highest BCUT2D eigenvalue weighted by Crippen LogP contribution is 2.26. The van der Waals surface area contributed by atoms with Crippen LogP contribution in [0.4, 0.5) is 23.4 Å². The quantitative estimate of drug-likeness (QED) is 0.166. The summed E-state index contributed by atoms with van der Waals surface area (Å²) >= 11 is 0. The molecule has 43 heavy (non-hydrogen) atoms. The van der Waals surface area contributed by atoms with Crippen molar-refractivity contribution in [3.05, 3.63) is 92.8 Å². The Morgan fingerprint density at radius 2 is 1.47 bits per heavy atom. The van der Waals surface area contributed by atoms with Crippen molar-refractivity contribution in [3.8, 4) is 5.69 Å². The second-order valence-electron chi connectivity index (χ2n) is 12.2. The maximum absolute atomic E-state index is 15.3. The minimum absolute atomic E-state index is 0.110. The van der Waals surface area contributed by atoms with E-state index in [1.807, 2.05) is 20.8 Å². The van der Waals surface area contributed by atoms with Gasteiger partial charge in [-0.25, -0.2) is 17.6 Å². The molecule has 0 aliphatic rings. The number of carbonyl (C=O) groups excluding carboxylic acids is 2. The number of rotatable bonds is 10. The van der Waals surface area contributed by atoms with E-state index in [-0.39, 0.29) is 18.6 Å². The number of nitrogens with two attached hydrogens (primary N) is 1. The van der Waals surface area contributed by atoms with Gasteiger partial charge in [-0.15, -0.1) is 0 Å². The molecule has 2 N–H and O–H groups in total. The summed E-state index contributed by atoms with van der Waals surface area (Å²) in [5.41, 5.74) is 2.39. The van der Waals surface area contributed by atoms with Crippen molar-refractivity contribution >= 4 is 17.6 Å². The monoisotopic (exact) mass is 604 g/mol. The molecule has 232 valence electrons. The highest BCUT2D eigenvalue weighted by Gasteiger charge is 2.28. The van der Waals surface area contributed by atoms with Crippen LogP contribution in [-0.4, -0.2) is 34.1 Å². The maximum atomic E-state index is 15.3. The van der Waals surface area contributed by atoms with Gasteiger partial charge in [-0.2, -0.15) is 0 Å². The van der Waals surface area contributed by atoms with Gasteiger partial charge in [0.05, 0.1) is 29.3 Å². The lowest BCUT2D eigenvalue weighted by Gasteiger charge is -2.27. The minimum atomic E-state index is -1.16. The van der Waals surface area contributed by atoms with Crippen LogP contribution >= 0.6 is 0 Å². The summed E-state index contributed by atoms with van der Waals surface area (Å²) in [5.74, 6) is -6.98. The molecule has 1 heterocycles. The average molecular weight is 605 g/mol. The number of aryl methyl sites for hydroxylation is 1. The van der Waals surface area contributed by atoms with Crippen LogP contribution < -0.4 is 11.3 Å². The molecule has 7 nitrogen and oxygen atoms in total. The van der Waals surface area contributed by atoms with Crippen LogP contribution in [0.5, 0.6) is 0 Å². The van der Waals surface area contributed by atoms with Gasteiger partial charge in [-0.05, 0) is 96.7 Å². The number of ether oxygens (including phenoxy) is 2. The molecule has 0 radical (unpaired) electrons. The predicted octanol–water partition coefficient (Wildman–Crippen LogP) is 6.30. The number of aromatic nitrogens is 1. The average Bonchev–Trinajstić information content (AvgIpc) is 2.85. The molecule has 0 saturated carbocycles. The van der Waals surface area contributed by atoms with Gasteiger partial charge in [0.25, 0.3) is 5.56 Å². The molecule has 0 fully saturated rings. The van der Waals surface area contributed by atoms with Gasteiger partial charge < -0.3 is 15.2 Å². The summed E-state index contributed by atoms with van der Waals surface area (Å²) < 4.78 is 70.0. The van der Waals surface area contributed by atoms with Crippen molar-refractivity contribution < 1.29 is 36.6 Å². The number of benzene rings is 2. The van der Waals surface area contributed by atoms with E-state index in [4.69, 9.17) is 15.2 Å². The molecule has 0 unspecified atom stereocenters. The third-order valence-electron chi connectivity index (χ3n) is 6.33. The highest BCUT2D eigenvalue weighted by molar-refractivity contribution is 6.11. The van der Waals surface area contributed by atoms with Crippen LogP contribution in [0.15, 0.2) is 47.3 Å². The molecule has 11 heteroatoms. The third-order valence-corrected chi connectivity index (χ3v) is 6.33. The SMILES string of the molecule is CC(C)(C)OC[C@H](CCCc1cc(F)c(-n2c(N)c(C(=O)c3ccc(F)cc3F)ccc2=O)c(F)c1)C(=O)OC(C)(C)C. The van der Waals surface area contributed by atoms with Crippen LogP contribution in [0, 0.1) is 29.2 Å². The largest absolute Gasteiger partial charge is 0.460 e. The summed E-state index contributed by atoms with van der Waals surface area (Å²) in [7, 11) is 0. The Hall–Kier alpha value is -3.99. The lowest BCUT2D eigenvalue weighted by molar-refractivity contribution is -0.164. The molecule has 0 spiro atoms. The lowest BCUT2D eigenvalue weighted by Crippen LogP contribution is -2.33. The Bertz CT molecular complexity index is 1550. The van der Waals surface area contributed by atoms with Crippen LogP contribution in [0.1, 0.15) is 75.9 Å². The summed E-state index contributed by atoms with van der Waals surface area (Å²) in [4.78, 5) is 38.3. The van der Waals surface area contributed by atoms with Crippen molar-refractivity contribution in [1.82, 2.24) is 4.57 Å². The Labute approximate surface area is 247 Å². The maximum Gasteiger partial charge on any atom is 0.311 e. The van der Waals surface area contributed by atoms with E-state index < -0.39 is 80.3 Å². The van der Waals surface area contributed by atoms with Gasteiger partial charge in [0.15, 0.2) is 17.4 Å². The van der Waals surface area contributed by atoms with Gasteiger partial charge in [-0.1, -0.05) is 0 Å². The Balaban J connectivity index is 1.86. The van der Waals surface area contributed by atoms with Crippen molar-refractivity contribution in [2.24, 2.45) is 5.92 Å². The van der Waals surface area contributed by atoms with Crippen molar-refractivity contribution in [3.63, 3.8) is 0 Å². The first-order valence-corrected chi connectivity index (χ1v) is 13.7. The normalized spacial score (nSPS) is 12.7. The van der Waals surface area contributed by atoms with E-state index in [1.165, 1.54) is 0 Å². The zero-order valence-corrected chi connectivity index (χ0v) is 25.0. The van der Waals surface area contributed by atoms with Gasteiger partial charge in [0.2, 0.25) is 0 Å². The number of halogens is 4. The van der Waals surface area contributed by atoms with Crippen molar-refractivity contribution in [2.45, 2.75) is 72.0 Å². The van der Waals surface area contributed by atoms with Gasteiger partial charge in [0.1, 0.15) is 28.7 Å². The van der Waals surface area contributed by atoms with Crippen LogP contribution in [0.25, 0.3) is 5.69 Å². The zero-order chi connectivity index (χ0) is 32.3. The Kier molecular flexibility index (Phi) is 10.2. The highest BCUT2D eigenvalue weighted by atomic mass is 19.1. The molecule has 0 aliphatic carbocycles. The van der Waals surface area contributed by atoms with E-state index in [2.05, 4.69) is 0 Å². The minimum Gasteiger partial charge on any atom is -0.460 e. The number of esters is 1. The van der Waals surface area contributed by atoms with Crippen molar-refractivity contribution in [2.75, 3.05) is 12.3 Å². The lowest BCUT2D eigenvalue weighted by atomic mass is 9.99. The first-order chi connectivity index (χ1) is 19.9. The number of carbonyl (C=O) groups is 2. The second kappa shape index (κ2) is 13.1. The Morgan fingerprint density at radius 1 is 0.860 bits per heavy atom. The summed E-state index contributed by atoms with van der Waals surface area (Å²) in [5, 5.41) is 0. The predicted molar refractivity (Wildman–Crippen MR) is 154 cm³/mol. The molecule has 1 aromatic heterocycles. The number of ketones is 1. The molecule has 0 amide bonds. The van der Waals surface area contributed by atoms with E-state index in [1.54, 1.807) is 20.8 Å². The third kappa shape index (κ3) is 8.76. The molecule has 2 aromatic carbocycles. The fourth-order valence-corrected chi connectivity index (χ4v) is 4.33. The number of nitrogens with zero attached hydrogens (tertiary/aromatic N) is 1. The molecule has 3 aromatic rings. The fourth-order valence-electron chi connectivity index (χ4n) is 4.33. The topological polar surface area (TPSA) is 101 Å². The van der Waals surface area contributed by atoms with Crippen LogP contribution in [-0.2, 0) is 20.7 Å². The van der Waals surface area contributed by atoms with Crippen molar-refractivity contribution in [1.29, 1.82) is 0 Å². The summed E-state index contributed by atoms with van der Waals surface area (Å²) in [6.07, 6.45) is 0.882. The number of pyridine rings is 1. The van der Waals surface area contributed by atoms with Gasteiger partial charge in [0, 0.05) is 12.1 Å². The molecule has 3 rings (SSSR count). The zero-order valence-electron chi connectivity index (χ0n) is 25.0. The van der Waals surface area contributed by atoms with Crippen LogP contribution in [0.3, 0.4) is 0 Å². The van der Waals surface area contributed by atoms with Gasteiger partial charge >= 0.3 is 5.97 Å². The molecular weight excluding hydrogens is 568 g/mol. The number of hydrogen-bond acceptors (Lipinski definition) is 6. The summed E-state index contributed by atoms with van der Waals surface area (Å²) in [6, 6.07) is 6.22. The van der Waals surface area contributed by atoms with Gasteiger partial charge in [-0.3, -0.25) is 19.0 Å². The first kappa shape index (κ1) is 33.5. The summed E-state index contributed by atoms with van der Waals surface area (Å²) in [6.45, 7) is 10.9. The standard InChI is InChI=1S/C32H36F4N2O5/c1-31(2,3)42-17-19(30(41)43-32(4,5)6)9-7-8-18-14-24(35)27(25(36)15-18)38-26(39)13-12-22(29(38)37)28(40)21-11-10-20(33)16-23(21)34/h10-16,19H,7-9,17,37H2,1-6H3/t19-/m0/s1. The molecular formula is C32H36F4N2O5. The second-order valence-corrected chi connectivity index (χ2v) is 12.2. The number of hydrogen-bond donors (Lipinski definition) is 1. The number of nitrogen functional groups attached to an aromatic ring is 1. The number of anilines is 1. The Morgan fingerprint density at radius 3 is 2.02 bits per heavy atom. The van der Waals surface area contributed by atoms with E-state index in [0.29, 0.717) is 23.5 Å². The van der Waals surface area contributed by atoms with E-state index >= 15 is 8.78 Å². The first-order valence-electron chi connectivity index (χ1n) is 13.7. The molecule has 0 aliphatic heterocycles.